The average Bonchev–Trinajstić information content (AvgIpc) is 2.02. The van der Waals surface area contributed by atoms with Crippen LogP contribution in [0.25, 0.3) is 0 Å². The Morgan fingerprint density at radius 1 is 0.310 bits per heavy atom. The van der Waals surface area contributed by atoms with Crippen LogP contribution in [0.3, 0.4) is 0 Å². The van der Waals surface area contributed by atoms with Gasteiger partial charge in [0.15, 0.2) is 33.3 Å². The second-order valence-corrected chi connectivity index (χ2v) is 48.6. The van der Waals surface area contributed by atoms with Crippen LogP contribution in [0.1, 0.15) is 250 Å². The minimum atomic E-state index is -2.21. The highest BCUT2D eigenvalue weighted by atomic mass is 28.4. The van der Waals surface area contributed by atoms with Gasteiger partial charge in [0.2, 0.25) is 0 Å². The van der Waals surface area contributed by atoms with E-state index in [1.165, 1.54) is 110 Å². The molecule has 0 saturated heterocycles. The van der Waals surface area contributed by atoms with Gasteiger partial charge in [0.05, 0.1) is 0 Å². The molecule has 0 bridgehead atoms. The third-order valence-electron chi connectivity index (χ3n) is 16.7. The van der Waals surface area contributed by atoms with Gasteiger partial charge in [-0.3, -0.25) is 0 Å². The molecule has 0 radical (unpaired) electrons. The summed E-state index contributed by atoms with van der Waals surface area (Å²) in [5.41, 5.74) is 31.1. The zero-order valence-corrected chi connectivity index (χ0v) is 65.3. The fourth-order valence-corrected chi connectivity index (χ4v) is 35.9. The van der Waals surface area contributed by atoms with Crippen molar-refractivity contribution in [3.8, 4) is 0 Å². The predicted molar refractivity (Wildman–Crippen MR) is 407 cm³/mol. The standard InChI is InChI=1S/C18H25NOSi.2C14H33NOSi.2C12H29NOSi.2CH4/c1-16(2)20-21(15-9-14-19,17-10-5-3-6-11-17)18-12-7-4-8-13-18;1-5-7-11-17(12-8-6-2,13-9-10-15)16-14(3)4;1-4-7-12-17(13-8-5-2,14-9-10-15)16-11-6-3;2*1-10(2)14-15(11(3)4,12(5)6)9-7-8-13;;/h3-8,10-13,16H,9,14-15,19H2,1-2H3;14H,5-13,15H2,1-4H3;4-15H2,1-3H3;2*10-12H,7-9,13H2,1-6H3;2*1H4. The molecule has 0 fully saturated rings. The first-order valence-corrected chi connectivity index (χ1v) is 46.9. The van der Waals surface area contributed by atoms with Gasteiger partial charge in [0.25, 0.3) is 8.32 Å². The lowest BCUT2D eigenvalue weighted by Crippen LogP contribution is -2.61. The van der Waals surface area contributed by atoms with E-state index >= 15 is 0 Å². The number of rotatable bonds is 44. The van der Waals surface area contributed by atoms with Crippen LogP contribution in [0.15, 0.2) is 60.7 Å². The molecular weight excluding hydrogens is 1160 g/mol. The summed E-state index contributed by atoms with van der Waals surface area (Å²) in [5, 5.41) is 2.66. The maximum Gasteiger partial charge on any atom is 0.256 e. The van der Waals surface area contributed by atoms with Gasteiger partial charge in [-0.25, -0.2) is 0 Å². The molecule has 0 atom stereocenters. The lowest BCUT2D eigenvalue weighted by Gasteiger charge is -2.40. The van der Waals surface area contributed by atoms with Crippen molar-refractivity contribution in [3.05, 3.63) is 60.7 Å². The van der Waals surface area contributed by atoms with E-state index < -0.39 is 41.6 Å². The number of nitrogens with two attached hydrogens (primary N) is 5. The van der Waals surface area contributed by atoms with Crippen molar-refractivity contribution in [3.63, 3.8) is 0 Å². The van der Waals surface area contributed by atoms with Crippen LogP contribution in [-0.4, -0.2) is 105 Å². The summed E-state index contributed by atoms with van der Waals surface area (Å²) in [6.07, 6.45) is 18.4. The summed E-state index contributed by atoms with van der Waals surface area (Å²) in [4.78, 5) is 0. The summed E-state index contributed by atoms with van der Waals surface area (Å²) in [7, 11) is -8.40. The molecule has 2 rings (SSSR count). The van der Waals surface area contributed by atoms with E-state index in [0.717, 1.165) is 77.4 Å². The SMILES string of the molecule is C.C.CC(C)O[Si](CCCN)(C(C)C)C(C)C.CC(C)O[Si](CCCN)(C(C)C)C(C)C.CC(C)O[Si](CCCN)(c1ccccc1)c1ccccc1.CCCC[Si](CCCC)(CCCN)OC(C)C.CCCC[Si](CCCC)(CCCN)OCCC. The Labute approximate surface area is 550 Å². The van der Waals surface area contributed by atoms with Gasteiger partial charge in [-0.2, -0.15) is 0 Å². The van der Waals surface area contributed by atoms with E-state index in [4.69, 9.17) is 50.8 Å². The molecule has 2 aromatic carbocycles. The lowest BCUT2D eigenvalue weighted by molar-refractivity contribution is 0.213. The molecule has 87 heavy (non-hydrogen) atoms. The van der Waals surface area contributed by atoms with E-state index in [0.29, 0.717) is 47.0 Å². The maximum absolute atomic E-state index is 6.60. The zero-order chi connectivity index (χ0) is 65.4. The fraction of sp³-hybridized carbons (Fsp3) is 0.833. The van der Waals surface area contributed by atoms with Crippen LogP contribution in [0.4, 0.5) is 0 Å². The van der Waals surface area contributed by atoms with Gasteiger partial charge < -0.3 is 50.8 Å². The molecule has 520 valence electrons. The quantitative estimate of drug-likeness (QED) is 0.0402. The maximum atomic E-state index is 6.60. The Bertz CT molecular complexity index is 1600. The number of unbranched alkanes of at least 4 members (excludes halogenated alkanes) is 4. The van der Waals surface area contributed by atoms with Crippen LogP contribution in [0, 0.1) is 0 Å². The van der Waals surface area contributed by atoms with Crippen LogP contribution in [0.2, 0.25) is 76.6 Å². The molecule has 2 aromatic rings. The van der Waals surface area contributed by atoms with Gasteiger partial charge in [-0.15, -0.1) is 0 Å². The van der Waals surface area contributed by atoms with E-state index in [9.17, 15) is 0 Å². The van der Waals surface area contributed by atoms with Crippen molar-refractivity contribution in [2.75, 3.05) is 39.3 Å². The zero-order valence-electron chi connectivity index (χ0n) is 60.3. The molecule has 10 N–H and O–H groups in total. The Kier molecular flexibility index (Phi) is 61.7. The van der Waals surface area contributed by atoms with E-state index in [2.05, 4.69) is 206 Å². The number of hydrogen-bond acceptors (Lipinski definition) is 10. The highest BCUT2D eigenvalue weighted by Crippen LogP contribution is 2.40. The molecule has 0 aliphatic rings. The molecule has 15 heteroatoms. The van der Waals surface area contributed by atoms with Crippen LogP contribution < -0.4 is 39.0 Å². The lowest BCUT2D eigenvalue weighted by atomic mass is 10.4. The van der Waals surface area contributed by atoms with Crippen LogP contribution >= 0.6 is 0 Å². The number of benzene rings is 2. The first-order chi connectivity index (χ1) is 40.3. The Hall–Kier alpha value is -0.876. The summed E-state index contributed by atoms with van der Waals surface area (Å²) in [5.74, 6) is 0. The number of hydrogen-bond donors (Lipinski definition) is 5. The van der Waals surface area contributed by atoms with Crippen molar-refractivity contribution in [2.24, 2.45) is 28.7 Å². The first-order valence-electron chi connectivity index (χ1n) is 35.2. The molecule has 0 spiro atoms. The van der Waals surface area contributed by atoms with Crippen LogP contribution in [0.5, 0.6) is 0 Å². The van der Waals surface area contributed by atoms with Crippen molar-refractivity contribution in [1.29, 1.82) is 0 Å². The van der Waals surface area contributed by atoms with Crippen molar-refractivity contribution < 1.29 is 22.1 Å². The highest BCUT2D eigenvalue weighted by molar-refractivity contribution is 6.97. The van der Waals surface area contributed by atoms with Gasteiger partial charge >= 0.3 is 0 Å². The van der Waals surface area contributed by atoms with E-state index in [1.54, 1.807) is 0 Å². The molecule has 0 amide bonds. The van der Waals surface area contributed by atoms with Crippen molar-refractivity contribution in [1.82, 2.24) is 0 Å². The van der Waals surface area contributed by atoms with Crippen molar-refractivity contribution in [2.45, 2.75) is 351 Å². The second kappa shape index (κ2) is 56.6. The fourth-order valence-electron chi connectivity index (χ4n) is 12.4. The molecule has 0 heterocycles. The third-order valence-corrected chi connectivity index (χ3v) is 42.5. The topological polar surface area (TPSA) is 176 Å². The summed E-state index contributed by atoms with van der Waals surface area (Å²) in [6, 6.07) is 32.7. The third kappa shape index (κ3) is 40.1. The first kappa shape index (κ1) is 94.8. The minimum Gasteiger partial charge on any atom is -0.417 e. The van der Waals surface area contributed by atoms with Gasteiger partial charge in [-0.05, 0) is 214 Å². The van der Waals surface area contributed by atoms with Crippen LogP contribution in [-0.2, 0) is 22.1 Å². The molecular formula is C72H157N5O5Si5. The molecule has 0 unspecified atom stereocenters. The Morgan fingerprint density at radius 3 is 0.839 bits per heavy atom. The smallest absolute Gasteiger partial charge is 0.256 e. The molecule has 0 aliphatic heterocycles. The summed E-state index contributed by atoms with van der Waals surface area (Å²) >= 11 is 0. The van der Waals surface area contributed by atoms with Gasteiger partial charge in [0.1, 0.15) is 0 Å². The summed E-state index contributed by atoms with van der Waals surface area (Å²) < 4.78 is 32.1. The normalized spacial score (nSPS) is 12.2. The van der Waals surface area contributed by atoms with Gasteiger partial charge in [-0.1, -0.05) is 217 Å². The molecule has 10 nitrogen and oxygen atoms in total. The van der Waals surface area contributed by atoms with Crippen molar-refractivity contribution >= 4 is 52.0 Å². The molecule has 0 aromatic heterocycles. The van der Waals surface area contributed by atoms with E-state index in [1.807, 2.05) is 0 Å². The largest absolute Gasteiger partial charge is 0.417 e. The average molecular weight is 1310 g/mol. The second-order valence-electron chi connectivity index (χ2n) is 26.8. The molecule has 0 aliphatic carbocycles. The summed E-state index contributed by atoms with van der Waals surface area (Å²) in [6.45, 7) is 51.9. The van der Waals surface area contributed by atoms with Gasteiger partial charge in [0, 0.05) is 31.0 Å². The Balaban J connectivity index is -0.000000322. The minimum absolute atomic E-state index is 0. The Morgan fingerprint density at radius 2 is 0.575 bits per heavy atom. The predicted octanol–water partition coefficient (Wildman–Crippen LogP) is 19.5. The monoisotopic (exact) mass is 1310 g/mol. The molecule has 0 saturated carbocycles. The highest BCUT2D eigenvalue weighted by Gasteiger charge is 2.44. The van der Waals surface area contributed by atoms with E-state index in [-0.39, 0.29) is 21.0 Å².